The minimum atomic E-state index is 0.386. The van der Waals surface area contributed by atoms with Crippen molar-refractivity contribution in [3.8, 4) is 0 Å². The molecule has 1 heterocycles. The number of rotatable bonds is 1. The number of hydrogen-bond donors (Lipinski definition) is 0. The zero-order valence-corrected chi connectivity index (χ0v) is 8.29. The largest absolute Gasteiger partial charge is 0.364 e. The van der Waals surface area contributed by atoms with E-state index in [2.05, 4.69) is 24.1 Å². The third-order valence-electron chi connectivity index (χ3n) is 2.36. The highest BCUT2D eigenvalue weighted by Crippen LogP contribution is 2.25. The maximum atomic E-state index is 5.81. The van der Waals surface area contributed by atoms with Crippen LogP contribution >= 0.6 is 11.6 Å². The topological polar surface area (TPSA) is 12.5 Å². The molecule has 0 aromatic heterocycles. The molecule has 3 heteroatoms. The Morgan fingerprint density at radius 3 is 2.62 bits per heavy atom. The molecule has 2 nitrogen and oxygen atoms in total. The van der Waals surface area contributed by atoms with Crippen molar-refractivity contribution in [1.29, 1.82) is 0 Å². The van der Waals surface area contributed by atoms with E-state index in [-0.39, 0.29) is 0 Å². The number of likely N-dealkylation sites (N-methyl/N-ethyl adjacent to an activating group) is 1. The molecule has 1 fully saturated rings. The van der Waals surface area contributed by atoms with Crippen molar-refractivity contribution in [1.82, 2.24) is 4.90 Å². The molecular formula is C10H12ClNO. The number of hydrogen-bond acceptors (Lipinski definition) is 2. The summed E-state index contributed by atoms with van der Waals surface area (Å²) in [6.07, 6.45) is 0. The van der Waals surface area contributed by atoms with Crippen molar-refractivity contribution in [2.75, 3.05) is 20.4 Å². The van der Waals surface area contributed by atoms with Crippen molar-refractivity contribution in [2.24, 2.45) is 0 Å². The molecule has 0 N–H and O–H groups in total. The third-order valence-corrected chi connectivity index (χ3v) is 2.61. The van der Waals surface area contributed by atoms with Crippen molar-refractivity contribution in [3.63, 3.8) is 0 Å². The molecule has 13 heavy (non-hydrogen) atoms. The summed E-state index contributed by atoms with van der Waals surface area (Å²) < 4.78 is 5.35. The minimum Gasteiger partial charge on any atom is -0.364 e. The van der Waals surface area contributed by atoms with Gasteiger partial charge in [0.2, 0.25) is 0 Å². The number of halogens is 1. The van der Waals surface area contributed by atoms with Gasteiger partial charge in [-0.1, -0.05) is 23.7 Å². The van der Waals surface area contributed by atoms with Crippen LogP contribution in [-0.2, 0) is 4.74 Å². The van der Waals surface area contributed by atoms with E-state index in [1.165, 1.54) is 5.56 Å². The number of benzene rings is 1. The van der Waals surface area contributed by atoms with E-state index in [1.807, 2.05) is 12.1 Å². The quantitative estimate of drug-likeness (QED) is 0.685. The first kappa shape index (κ1) is 9.00. The van der Waals surface area contributed by atoms with Gasteiger partial charge in [-0.25, -0.2) is 0 Å². The van der Waals surface area contributed by atoms with Crippen LogP contribution in [-0.4, -0.2) is 25.3 Å². The second kappa shape index (κ2) is 3.66. The van der Waals surface area contributed by atoms with Crippen LogP contribution in [0.25, 0.3) is 0 Å². The first-order chi connectivity index (χ1) is 6.27. The van der Waals surface area contributed by atoms with Gasteiger partial charge in [-0.15, -0.1) is 0 Å². The van der Waals surface area contributed by atoms with E-state index in [0.29, 0.717) is 12.8 Å². The average molecular weight is 198 g/mol. The van der Waals surface area contributed by atoms with Gasteiger partial charge in [-0.2, -0.15) is 0 Å². The smallest absolute Gasteiger partial charge is 0.0994 e. The fourth-order valence-corrected chi connectivity index (χ4v) is 1.69. The van der Waals surface area contributed by atoms with Crippen LogP contribution in [0.3, 0.4) is 0 Å². The molecule has 2 rings (SSSR count). The van der Waals surface area contributed by atoms with Crippen molar-refractivity contribution >= 4 is 11.6 Å². The van der Waals surface area contributed by atoms with Crippen molar-refractivity contribution in [2.45, 2.75) is 6.04 Å². The van der Waals surface area contributed by atoms with Crippen LogP contribution in [0.5, 0.6) is 0 Å². The van der Waals surface area contributed by atoms with Crippen LogP contribution < -0.4 is 0 Å². The monoisotopic (exact) mass is 197 g/mol. The predicted molar refractivity (Wildman–Crippen MR) is 52.8 cm³/mol. The summed E-state index contributed by atoms with van der Waals surface area (Å²) in [6.45, 7) is 1.49. The van der Waals surface area contributed by atoms with Crippen LogP contribution in [0.15, 0.2) is 24.3 Å². The summed E-state index contributed by atoms with van der Waals surface area (Å²) in [5.74, 6) is 0. The minimum absolute atomic E-state index is 0.386. The van der Waals surface area contributed by atoms with Crippen LogP contribution in [0.2, 0.25) is 5.02 Å². The van der Waals surface area contributed by atoms with Gasteiger partial charge in [0.15, 0.2) is 0 Å². The highest BCUT2D eigenvalue weighted by Gasteiger charge is 2.22. The van der Waals surface area contributed by atoms with Gasteiger partial charge in [-0.3, -0.25) is 4.90 Å². The van der Waals surface area contributed by atoms with E-state index >= 15 is 0 Å². The molecule has 0 radical (unpaired) electrons. The lowest BCUT2D eigenvalue weighted by Crippen LogP contribution is -2.18. The molecule has 0 amide bonds. The Morgan fingerprint density at radius 2 is 2.08 bits per heavy atom. The normalized spacial score (nSPS) is 23.7. The molecule has 0 aliphatic carbocycles. The Labute approximate surface area is 83.1 Å². The molecule has 1 atom stereocenters. The Morgan fingerprint density at radius 1 is 1.38 bits per heavy atom. The van der Waals surface area contributed by atoms with E-state index in [9.17, 15) is 0 Å². The molecule has 70 valence electrons. The Balaban J connectivity index is 2.20. The molecule has 1 unspecified atom stereocenters. The maximum Gasteiger partial charge on any atom is 0.0994 e. The first-order valence-electron chi connectivity index (χ1n) is 4.31. The SMILES string of the molecule is CN1COCC1c1ccc(Cl)cc1. The lowest BCUT2D eigenvalue weighted by Gasteiger charge is -2.16. The molecule has 0 spiro atoms. The van der Waals surface area contributed by atoms with Gasteiger partial charge in [0.05, 0.1) is 19.4 Å². The standard InChI is InChI=1S/C10H12ClNO/c1-12-7-13-6-10(12)8-2-4-9(11)5-3-8/h2-5,10H,6-7H2,1H3. The lowest BCUT2D eigenvalue weighted by atomic mass is 10.1. The number of nitrogens with zero attached hydrogens (tertiary/aromatic N) is 1. The van der Waals surface area contributed by atoms with Crippen molar-refractivity contribution < 1.29 is 4.74 Å². The van der Waals surface area contributed by atoms with E-state index in [1.54, 1.807) is 0 Å². The van der Waals surface area contributed by atoms with Crippen LogP contribution in [0.4, 0.5) is 0 Å². The van der Waals surface area contributed by atoms with Gasteiger partial charge in [0.25, 0.3) is 0 Å². The van der Waals surface area contributed by atoms with Gasteiger partial charge in [0, 0.05) is 5.02 Å². The maximum absolute atomic E-state index is 5.81. The molecule has 1 aliphatic heterocycles. The molecule has 1 aliphatic rings. The molecule has 1 aromatic carbocycles. The number of ether oxygens (including phenoxy) is 1. The van der Waals surface area contributed by atoms with Gasteiger partial charge >= 0.3 is 0 Å². The molecule has 0 bridgehead atoms. The fraction of sp³-hybridized carbons (Fsp3) is 0.400. The zero-order chi connectivity index (χ0) is 9.26. The van der Waals surface area contributed by atoms with Gasteiger partial charge in [-0.05, 0) is 24.7 Å². The lowest BCUT2D eigenvalue weighted by molar-refractivity contribution is 0.153. The van der Waals surface area contributed by atoms with Crippen LogP contribution in [0.1, 0.15) is 11.6 Å². The van der Waals surface area contributed by atoms with Crippen LogP contribution in [0, 0.1) is 0 Å². The Kier molecular flexibility index (Phi) is 2.54. The van der Waals surface area contributed by atoms with Crippen molar-refractivity contribution in [3.05, 3.63) is 34.9 Å². The second-order valence-corrected chi connectivity index (χ2v) is 3.76. The fourth-order valence-electron chi connectivity index (χ4n) is 1.56. The molecule has 1 aromatic rings. The summed E-state index contributed by atoms with van der Waals surface area (Å²) in [5.41, 5.74) is 1.27. The summed E-state index contributed by atoms with van der Waals surface area (Å²) in [5, 5.41) is 0.783. The highest BCUT2D eigenvalue weighted by molar-refractivity contribution is 6.30. The van der Waals surface area contributed by atoms with E-state index < -0.39 is 0 Å². The Hall–Kier alpha value is -0.570. The summed E-state index contributed by atoms with van der Waals surface area (Å²) in [6, 6.07) is 8.33. The summed E-state index contributed by atoms with van der Waals surface area (Å²) >= 11 is 5.81. The second-order valence-electron chi connectivity index (χ2n) is 3.32. The van der Waals surface area contributed by atoms with Gasteiger partial charge < -0.3 is 4.74 Å². The average Bonchev–Trinajstić information content (AvgIpc) is 2.53. The molecular weight excluding hydrogens is 186 g/mol. The Bertz CT molecular complexity index is 285. The van der Waals surface area contributed by atoms with Gasteiger partial charge in [0.1, 0.15) is 0 Å². The molecule has 0 saturated carbocycles. The van der Waals surface area contributed by atoms with E-state index in [0.717, 1.165) is 11.6 Å². The summed E-state index contributed by atoms with van der Waals surface area (Å²) in [7, 11) is 2.06. The third kappa shape index (κ3) is 1.85. The predicted octanol–water partition coefficient (Wildman–Crippen LogP) is 2.30. The molecule has 1 saturated heterocycles. The first-order valence-corrected chi connectivity index (χ1v) is 4.68. The summed E-state index contributed by atoms with van der Waals surface area (Å²) in [4.78, 5) is 2.18. The highest BCUT2D eigenvalue weighted by atomic mass is 35.5. The zero-order valence-electron chi connectivity index (χ0n) is 7.53. The van der Waals surface area contributed by atoms with E-state index in [4.69, 9.17) is 16.3 Å².